The van der Waals surface area contributed by atoms with E-state index in [-0.39, 0.29) is 0 Å². The molecule has 0 aliphatic carbocycles. The molecule has 0 bridgehead atoms. The fraction of sp³-hybridized carbons (Fsp3) is 0.353. The lowest BCUT2D eigenvalue weighted by Gasteiger charge is -2.24. The molecule has 1 heterocycles. The number of hydrogen-bond acceptors (Lipinski definition) is 5. The molecule has 0 amide bonds. The Bertz CT molecular complexity index is 660. The third-order valence-electron chi connectivity index (χ3n) is 3.31. The molecule has 0 fully saturated rings. The lowest BCUT2D eigenvalue weighted by Crippen LogP contribution is -2.32. The Kier molecular flexibility index (Phi) is 5.45. The SMILES string of the molecule is Cc1ccnc(N(CCN(C)C)Cc2cccc(C#N)c2)n1. The molecule has 1 aromatic carbocycles. The van der Waals surface area contributed by atoms with Gasteiger partial charge in [-0.2, -0.15) is 5.26 Å². The van der Waals surface area contributed by atoms with Crippen LogP contribution < -0.4 is 4.90 Å². The van der Waals surface area contributed by atoms with Crippen molar-refractivity contribution in [3.8, 4) is 6.07 Å². The number of benzene rings is 1. The average molecular weight is 295 g/mol. The Morgan fingerprint density at radius 2 is 2.00 bits per heavy atom. The summed E-state index contributed by atoms with van der Waals surface area (Å²) in [5.74, 6) is 0.726. The zero-order valence-electron chi connectivity index (χ0n) is 13.3. The van der Waals surface area contributed by atoms with Gasteiger partial charge in [0.2, 0.25) is 5.95 Å². The topological polar surface area (TPSA) is 56.1 Å². The second-order valence-corrected chi connectivity index (χ2v) is 5.54. The highest BCUT2D eigenvalue weighted by atomic mass is 15.3. The molecule has 0 saturated heterocycles. The summed E-state index contributed by atoms with van der Waals surface area (Å²) in [6.07, 6.45) is 1.78. The lowest BCUT2D eigenvalue weighted by atomic mass is 10.1. The van der Waals surface area contributed by atoms with Crippen molar-refractivity contribution in [1.82, 2.24) is 14.9 Å². The van der Waals surface area contributed by atoms with Gasteiger partial charge in [-0.15, -0.1) is 0 Å². The molecule has 5 heteroatoms. The molecular formula is C17H21N5. The van der Waals surface area contributed by atoms with E-state index in [1.165, 1.54) is 0 Å². The number of nitrogens with zero attached hydrogens (tertiary/aromatic N) is 5. The Balaban J connectivity index is 2.22. The van der Waals surface area contributed by atoms with Crippen molar-refractivity contribution in [1.29, 1.82) is 5.26 Å². The number of aromatic nitrogens is 2. The van der Waals surface area contributed by atoms with Crippen molar-refractivity contribution < 1.29 is 0 Å². The first kappa shape index (κ1) is 15.9. The van der Waals surface area contributed by atoms with Gasteiger partial charge in [-0.3, -0.25) is 0 Å². The first-order valence-electron chi connectivity index (χ1n) is 7.27. The van der Waals surface area contributed by atoms with Gasteiger partial charge in [0, 0.05) is 31.5 Å². The third-order valence-corrected chi connectivity index (χ3v) is 3.31. The van der Waals surface area contributed by atoms with Crippen LogP contribution in [0.2, 0.25) is 0 Å². The minimum atomic E-state index is 0.676. The summed E-state index contributed by atoms with van der Waals surface area (Å²) in [4.78, 5) is 13.2. The zero-order valence-corrected chi connectivity index (χ0v) is 13.3. The number of hydrogen-bond donors (Lipinski definition) is 0. The van der Waals surface area contributed by atoms with E-state index in [0.29, 0.717) is 12.1 Å². The minimum Gasteiger partial charge on any atom is -0.335 e. The van der Waals surface area contributed by atoms with E-state index < -0.39 is 0 Å². The van der Waals surface area contributed by atoms with Crippen LogP contribution in [0.25, 0.3) is 0 Å². The zero-order chi connectivity index (χ0) is 15.9. The highest BCUT2D eigenvalue weighted by Gasteiger charge is 2.11. The molecule has 5 nitrogen and oxygen atoms in total. The summed E-state index contributed by atoms with van der Waals surface area (Å²) in [7, 11) is 4.09. The standard InChI is InChI=1S/C17H21N5/c1-14-7-8-19-17(20-14)22(10-9-21(2)3)13-16-6-4-5-15(11-16)12-18/h4-8,11H,9-10,13H2,1-3H3. The molecule has 0 atom stereocenters. The van der Waals surface area contributed by atoms with Gasteiger partial charge >= 0.3 is 0 Å². The monoisotopic (exact) mass is 295 g/mol. The van der Waals surface area contributed by atoms with Crippen molar-refractivity contribution in [2.24, 2.45) is 0 Å². The van der Waals surface area contributed by atoms with Crippen LogP contribution in [-0.4, -0.2) is 42.1 Å². The number of aryl methyl sites for hydroxylation is 1. The predicted octanol–water partition coefficient (Wildman–Crippen LogP) is 2.22. The molecule has 0 spiro atoms. The normalized spacial score (nSPS) is 10.5. The van der Waals surface area contributed by atoms with Gasteiger partial charge in [-0.05, 0) is 44.8 Å². The summed E-state index contributed by atoms with van der Waals surface area (Å²) >= 11 is 0. The van der Waals surface area contributed by atoms with E-state index in [1.54, 1.807) is 6.20 Å². The lowest BCUT2D eigenvalue weighted by molar-refractivity contribution is 0.411. The smallest absolute Gasteiger partial charge is 0.225 e. The largest absolute Gasteiger partial charge is 0.335 e. The highest BCUT2D eigenvalue weighted by Crippen LogP contribution is 2.13. The van der Waals surface area contributed by atoms with Gasteiger partial charge in [0.15, 0.2) is 0 Å². The predicted molar refractivity (Wildman–Crippen MR) is 87.5 cm³/mol. The number of likely N-dealkylation sites (N-methyl/N-ethyl adjacent to an activating group) is 1. The summed E-state index contributed by atoms with van der Waals surface area (Å²) in [5, 5.41) is 9.03. The van der Waals surface area contributed by atoms with Gasteiger partial charge in [0.05, 0.1) is 11.6 Å². The van der Waals surface area contributed by atoms with E-state index in [9.17, 15) is 0 Å². The molecule has 114 valence electrons. The van der Waals surface area contributed by atoms with E-state index in [0.717, 1.165) is 30.3 Å². The first-order chi connectivity index (χ1) is 10.6. The molecule has 0 saturated carbocycles. The maximum Gasteiger partial charge on any atom is 0.225 e. The van der Waals surface area contributed by atoms with E-state index in [1.807, 2.05) is 51.4 Å². The maximum atomic E-state index is 9.03. The summed E-state index contributed by atoms with van der Waals surface area (Å²) < 4.78 is 0. The van der Waals surface area contributed by atoms with Crippen LogP contribution in [0.1, 0.15) is 16.8 Å². The van der Waals surface area contributed by atoms with Crippen LogP contribution in [0.5, 0.6) is 0 Å². The van der Waals surface area contributed by atoms with Crippen LogP contribution in [0.3, 0.4) is 0 Å². The molecule has 0 N–H and O–H groups in total. The number of rotatable bonds is 6. The molecule has 1 aromatic heterocycles. The van der Waals surface area contributed by atoms with Crippen molar-refractivity contribution in [2.45, 2.75) is 13.5 Å². The van der Waals surface area contributed by atoms with Crippen LogP contribution in [-0.2, 0) is 6.54 Å². The van der Waals surface area contributed by atoms with E-state index >= 15 is 0 Å². The first-order valence-corrected chi connectivity index (χ1v) is 7.27. The van der Waals surface area contributed by atoms with Crippen molar-refractivity contribution >= 4 is 5.95 Å². The average Bonchev–Trinajstić information content (AvgIpc) is 2.51. The summed E-state index contributed by atoms with van der Waals surface area (Å²) in [6.45, 7) is 4.39. The minimum absolute atomic E-state index is 0.676. The van der Waals surface area contributed by atoms with Crippen LogP contribution in [0, 0.1) is 18.3 Å². The summed E-state index contributed by atoms with van der Waals surface area (Å²) in [6, 6.07) is 11.7. The Labute approximate surface area is 131 Å². The molecule has 0 unspecified atom stereocenters. The fourth-order valence-electron chi connectivity index (χ4n) is 2.12. The van der Waals surface area contributed by atoms with E-state index in [4.69, 9.17) is 5.26 Å². The second kappa shape index (κ2) is 7.53. The van der Waals surface area contributed by atoms with Gasteiger partial charge in [-0.1, -0.05) is 12.1 Å². The Morgan fingerprint density at radius 1 is 1.18 bits per heavy atom. The molecule has 0 aliphatic heterocycles. The second-order valence-electron chi connectivity index (χ2n) is 5.54. The van der Waals surface area contributed by atoms with Crippen molar-refractivity contribution in [3.63, 3.8) is 0 Å². The molecule has 2 rings (SSSR count). The van der Waals surface area contributed by atoms with Crippen LogP contribution in [0.4, 0.5) is 5.95 Å². The molecule has 0 aliphatic rings. The van der Waals surface area contributed by atoms with Gasteiger partial charge < -0.3 is 9.80 Å². The van der Waals surface area contributed by atoms with Gasteiger partial charge in [0.25, 0.3) is 0 Å². The molecule has 2 aromatic rings. The summed E-state index contributed by atoms with van der Waals surface area (Å²) in [5.41, 5.74) is 2.71. The fourth-order valence-corrected chi connectivity index (χ4v) is 2.12. The van der Waals surface area contributed by atoms with Crippen LogP contribution in [0.15, 0.2) is 36.5 Å². The molecule has 0 radical (unpaired) electrons. The Hall–Kier alpha value is -2.45. The van der Waals surface area contributed by atoms with Crippen LogP contribution >= 0.6 is 0 Å². The number of anilines is 1. The maximum absolute atomic E-state index is 9.03. The highest BCUT2D eigenvalue weighted by molar-refractivity contribution is 5.37. The third kappa shape index (κ3) is 4.54. The van der Waals surface area contributed by atoms with E-state index in [2.05, 4.69) is 25.8 Å². The Morgan fingerprint density at radius 3 is 2.68 bits per heavy atom. The van der Waals surface area contributed by atoms with Crippen molar-refractivity contribution in [2.75, 3.05) is 32.1 Å². The molecular weight excluding hydrogens is 274 g/mol. The van der Waals surface area contributed by atoms with Gasteiger partial charge in [-0.25, -0.2) is 9.97 Å². The molecule has 22 heavy (non-hydrogen) atoms. The number of nitriles is 1. The quantitative estimate of drug-likeness (QED) is 0.818. The van der Waals surface area contributed by atoms with Crippen molar-refractivity contribution in [3.05, 3.63) is 53.3 Å². The van der Waals surface area contributed by atoms with Gasteiger partial charge in [0.1, 0.15) is 0 Å².